The van der Waals surface area contributed by atoms with Gasteiger partial charge in [-0.25, -0.2) is 26.7 Å². The Hall–Kier alpha value is -0.970. The summed E-state index contributed by atoms with van der Waals surface area (Å²) < 4.78 is 43.3. The predicted octanol–water partition coefficient (Wildman–Crippen LogP) is -1.14. The van der Waals surface area contributed by atoms with Gasteiger partial charge in [-0.1, -0.05) is 13.0 Å². The number of nitrogens with one attached hydrogen (secondary N) is 1. The van der Waals surface area contributed by atoms with Gasteiger partial charge in [0, 0.05) is 0 Å². The van der Waals surface area contributed by atoms with E-state index >= 15 is 0 Å². The lowest BCUT2D eigenvalue weighted by Gasteiger charge is -2.00. The smallest absolute Gasteiger partial charge is 0.318 e. The first-order valence-corrected chi connectivity index (χ1v) is 8.21. The minimum absolute atomic E-state index is 0.0275. The van der Waals surface area contributed by atoms with Gasteiger partial charge in [-0.3, -0.25) is 4.79 Å². The lowest BCUT2D eigenvalue weighted by Crippen LogP contribution is -2.31. The molecule has 0 unspecified atom stereocenters. The molecule has 0 saturated carbocycles. The summed E-state index contributed by atoms with van der Waals surface area (Å²) in [5, 5.41) is 12.7. The van der Waals surface area contributed by atoms with Crippen LogP contribution in [0.1, 0.15) is 13.3 Å². The molecule has 0 rings (SSSR count). The van der Waals surface area contributed by atoms with E-state index in [1.165, 1.54) is 6.08 Å². The zero-order valence-corrected chi connectivity index (χ0v) is 11.6. The van der Waals surface area contributed by atoms with Crippen molar-refractivity contribution in [2.75, 3.05) is 18.1 Å². The third-order valence-corrected chi connectivity index (χ3v) is 3.50. The van der Waals surface area contributed by atoms with Crippen molar-refractivity contribution in [2.24, 2.45) is 5.14 Å². The van der Waals surface area contributed by atoms with Crippen LogP contribution in [0.5, 0.6) is 0 Å². The number of nitrogens with two attached hydrogens (primary N) is 1. The first-order valence-electron chi connectivity index (χ1n) is 4.84. The molecule has 0 bridgehead atoms. The maximum atomic E-state index is 10.8. The topological polar surface area (TPSA) is 144 Å². The molecule has 0 aromatic rings. The van der Waals surface area contributed by atoms with Crippen LogP contribution in [-0.4, -0.2) is 46.0 Å². The van der Waals surface area contributed by atoms with E-state index in [2.05, 4.69) is 11.7 Å². The third kappa shape index (κ3) is 17.4. The highest BCUT2D eigenvalue weighted by Crippen LogP contribution is 1.86. The summed E-state index contributed by atoms with van der Waals surface area (Å²) in [7, 11) is -6.65. The van der Waals surface area contributed by atoms with E-state index < -0.39 is 32.6 Å². The average molecular weight is 302 g/mol. The van der Waals surface area contributed by atoms with Gasteiger partial charge in [0.15, 0.2) is 0 Å². The van der Waals surface area contributed by atoms with E-state index in [-0.39, 0.29) is 11.5 Å². The number of hydrogen-bond donors (Lipinski definition) is 3. The Bertz CT molecular complexity index is 454. The summed E-state index contributed by atoms with van der Waals surface area (Å²) in [5.74, 6) is -1.35. The van der Waals surface area contributed by atoms with Gasteiger partial charge < -0.3 is 5.11 Å². The van der Waals surface area contributed by atoms with Gasteiger partial charge in [0.05, 0.1) is 11.5 Å². The van der Waals surface area contributed by atoms with Crippen LogP contribution < -0.4 is 9.86 Å². The highest BCUT2D eigenvalue weighted by molar-refractivity contribution is 7.89. The number of hydrogen-bond acceptors (Lipinski definition) is 5. The number of rotatable bonds is 7. The number of sulfonamides is 2. The zero-order chi connectivity index (χ0) is 14.8. The Kier molecular flexibility index (Phi) is 9.71. The molecule has 18 heavy (non-hydrogen) atoms. The molecule has 108 valence electrons. The number of carboxylic acid groups (broad SMARTS) is 1. The quantitative estimate of drug-likeness (QED) is 0.507. The van der Waals surface area contributed by atoms with Crippen molar-refractivity contribution in [3.63, 3.8) is 0 Å². The van der Waals surface area contributed by atoms with Crippen molar-refractivity contribution >= 4 is 26.0 Å². The summed E-state index contributed by atoms with van der Waals surface area (Å²) in [4.78, 5) is 9.92. The fourth-order valence-corrected chi connectivity index (χ4v) is 2.03. The molecule has 0 spiro atoms. The lowest BCUT2D eigenvalue weighted by molar-refractivity contribution is -0.135. The van der Waals surface area contributed by atoms with Crippen molar-refractivity contribution in [2.45, 2.75) is 13.3 Å². The second-order valence-electron chi connectivity index (χ2n) is 3.15. The van der Waals surface area contributed by atoms with Crippen molar-refractivity contribution in [3.8, 4) is 0 Å². The van der Waals surface area contributed by atoms with E-state index in [0.29, 0.717) is 6.42 Å². The SMILES string of the molecule is C=CCS(N)(=O)=O.CCCS(=O)(=O)NCC(=O)O. The first kappa shape index (κ1) is 19.4. The Balaban J connectivity index is 0. The zero-order valence-electron chi connectivity index (χ0n) is 10.00. The Morgan fingerprint density at radius 3 is 2.11 bits per heavy atom. The first-order chi connectivity index (χ1) is 8.04. The molecule has 0 aliphatic rings. The van der Waals surface area contributed by atoms with Crippen molar-refractivity contribution in [1.29, 1.82) is 0 Å². The molecule has 0 fully saturated rings. The largest absolute Gasteiger partial charge is 0.480 e. The minimum Gasteiger partial charge on any atom is -0.480 e. The van der Waals surface area contributed by atoms with Gasteiger partial charge >= 0.3 is 5.97 Å². The van der Waals surface area contributed by atoms with Gasteiger partial charge in [-0.05, 0) is 6.42 Å². The van der Waals surface area contributed by atoms with Gasteiger partial charge in [0.2, 0.25) is 20.0 Å². The second-order valence-corrected chi connectivity index (χ2v) is 6.74. The molecule has 0 aromatic heterocycles. The van der Waals surface area contributed by atoms with E-state index in [9.17, 15) is 21.6 Å². The molecular formula is C8H18N2O6S2. The van der Waals surface area contributed by atoms with Crippen LogP contribution in [0, 0.1) is 0 Å². The van der Waals surface area contributed by atoms with Crippen molar-refractivity contribution in [1.82, 2.24) is 4.72 Å². The monoisotopic (exact) mass is 302 g/mol. The molecule has 0 saturated heterocycles. The minimum atomic E-state index is -3.36. The highest BCUT2D eigenvalue weighted by atomic mass is 32.2. The molecule has 8 nitrogen and oxygen atoms in total. The molecule has 0 aromatic carbocycles. The Morgan fingerprint density at radius 2 is 1.89 bits per heavy atom. The number of primary sulfonamides is 1. The highest BCUT2D eigenvalue weighted by Gasteiger charge is 2.09. The van der Waals surface area contributed by atoms with Crippen LogP contribution in [0.15, 0.2) is 12.7 Å². The molecule has 0 amide bonds. The van der Waals surface area contributed by atoms with Gasteiger partial charge in [-0.15, -0.1) is 6.58 Å². The summed E-state index contributed by atoms with van der Waals surface area (Å²) >= 11 is 0. The van der Waals surface area contributed by atoms with Crippen LogP contribution in [0.25, 0.3) is 0 Å². The summed E-state index contributed by atoms with van der Waals surface area (Å²) in [6.07, 6.45) is 1.73. The fraction of sp³-hybridized carbons (Fsp3) is 0.625. The predicted molar refractivity (Wildman–Crippen MR) is 67.9 cm³/mol. The summed E-state index contributed by atoms with van der Waals surface area (Å²) in [6, 6.07) is 0. The van der Waals surface area contributed by atoms with E-state index in [4.69, 9.17) is 5.11 Å². The molecule has 10 heteroatoms. The molecule has 0 aliphatic heterocycles. The van der Waals surface area contributed by atoms with Gasteiger partial charge in [-0.2, -0.15) is 0 Å². The average Bonchev–Trinajstić information content (AvgIpc) is 2.14. The standard InChI is InChI=1S/C5H11NO4S.C3H7NO2S/c1-2-3-11(9,10)6-4-5(7)8;1-2-3-7(4,5)6/h6H,2-4H2,1H3,(H,7,8);2H,1,3H2,(H2,4,5,6). The van der Waals surface area contributed by atoms with Crippen LogP contribution in [-0.2, 0) is 24.8 Å². The van der Waals surface area contributed by atoms with E-state index in [1.807, 2.05) is 4.72 Å². The van der Waals surface area contributed by atoms with Crippen LogP contribution in [0.4, 0.5) is 0 Å². The molecule has 0 radical (unpaired) electrons. The van der Waals surface area contributed by atoms with Crippen molar-refractivity contribution < 1.29 is 26.7 Å². The van der Waals surface area contributed by atoms with E-state index in [0.717, 1.165) is 0 Å². The number of carbonyl (C=O) groups is 1. The number of aliphatic carboxylic acids is 1. The third-order valence-electron chi connectivity index (χ3n) is 1.27. The lowest BCUT2D eigenvalue weighted by atomic mass is 10.6. The summed E-state index contributed by atoms with van der Waals surface area (Å²) in [5.41, 5.74) is 0. The molecular weight excluding hydrogens is 284 g/mol. The van der Waals surface area contributed by atoms with Crippen LogP contribution >= 0.6 is 0 Å². The molecule has 0 atom stereocenters. The summed E-state index contributed by atoms with van der Waals surface area (Å²) in [6.45, 7) is 4.36. The molecule has 0 aliphatic carbocycles. The Morgan fingerprint density at radius 1 is 1.39 bits per heavy atom. The number of carboxylic acids is 1. The second kappa shape index (κ2) is 9.03. The normalized spacial score (nSPS) is 11.2. The van der Waals surface area contributed by atoms with Crippen molar-refractivity contribution in [3.05, 3.63) is 12.7 Å². The van der Waals surface area contributed by atoms with Crippen LogP contribution in [0.3, 0.4) is 0 Å². The fourth-order valence-electron chi connectivity index (χ4n) is 0.677. The van der Waals surface area contributed by atoms with Gasteiger partial charge in [0.1, 0.15) is 6.54 Å². The van der Waals surface area contributed by atoms with Gasteiger partial charge in [0.25, 0.3) is 0 Å². The molecule has 0 heterocycles. The maximum absolute atomic E-state index is 10.8. The van der Waals surface area contributed by atoms with Crippen LogP contribution in [0.2, 0.25) is 0 Å². The van der Waals surface area contributed by atoms with E-state index in [1.54, 1.807) is 6.92 Å². The molecule has 4 N–H and O–H groups in total. The maximum Gasteiger partial charge on any atom is 0.318 e. The Labute approximate surface area is 107 Å².